The fraction of sp³-hybridized carbons (Fsp3) is 0.235. The highest BCUT2D eigenvalue weighted by Gasteiger charge is 2.08. The van der Waals surface area contributed by atoms with Gasteiger partial charge in [0.25, 0.3) is 0 Å². The standard InChI is InChI=1S/C17H19N5OS/c1-12(18-10-15-11-24-17(21-15)20-13(2)23)14-4-6-16(7-5-14)22-9-3-8-19-22/h3-9,11-12,18H,10H2,1-2H3,(H,20,21,23)/t12-/m1/s1. The quantitative estimate of drug-likeness (QED) is 0.722. The predicted molar refractivity (Wildman–Crippen MR) is 95.2 cm³/mol. The van der Waals surface area contributed by atoms with E-state index in [2.05, 4.69) is 51.9 Å². The summed E-state index contributed by atoms with van der Waals surface area (Å²) in [5.41, 5.74) is 3.15. The van der Waals surface area contributed by atoms with E-state index in [9.17, 15) is 4.79 Å². The van der Waals surface area contributed by atoms with E-state index >= 15 is 0 Å². The molecule has 1 aromatic carbocycles. The van der Waals surface area contributed by atoms with Crippen molar-refractivity contribution in [1.29, 1.82) is 0 Å². The summed E-state index contributed by atoms with van der Waals surface area (Å²) in [6.07, 6.45) is 3.69. The third-order valence-corrected chi connectivity index (χ3v) is 4.39. The van der Waals surface area contributed by atoms with Gasteiger partial charge in [0, 0.05) is 37.3 Å². The van der Waals surface area contributed by atoms with Crippen molar-refractivity contribution in [2.45, 2.75) is 26.4 Å². The lowest BCUT2D eigenvalue weighted by molar-refractivity contribution is -0.114. The average molecular weight is 341 g/mol. The molecule has 0 aliphatic rings. The van der Waals surface area contributed by atoms with Crippen LogP contribution in [0.15, 0.2) is 48.1 Å². The van der Waals surface area contributed by atoms with Gasteiger partial charge >= 0.3 is 0 Å². The molecule has 0 spiro atoms. The maximum Gasteiger partial charge on any atom is 0.223 e. The molecule has 2 heterocycles. The van der Waals surface area contributed by atoms with Crippen LogP contribution in [-0.2, 0) is 11.3 Å². The van der Waals surface area contributed by atoms with Crippen LogP contribution < -0.4 is 10.6 Å². The Bertz CT molecular complexity index is 795. The van der Waals surface area contributed by atoms with Gasteiger partial charge in [-0.2, -0.15) is 5.10 Å². The zero-order valence-electron chi connectivity index (χ0n) is 13.6. The van der Waals surface area contributed by atoms with E-state index in [1.165, 1.54) is 23.8 Å². The number of hydrogen-bond donors (Lipinski definition) is 2. The first-order valence-electron chi connectivity index (χ1n) is 7.67. The summed E-state index contributed by atoms with van der Waals surface area (Å²) in [6, 6.07) is 10.4. The van der Waals surface area contributed by atoms with Gasteiger partial charge in [-0.25, -0.2) is 9.67 Å². The Morgan fingerprint density at radius 2 is 2.12 bits per heavy atom. The summed E-state index contributed by atoms with van der Waals surface area (Å²) in [6.45, 7) is 4.25. The second-order valence-corrected chi connectivity index (χ2v) is 6.33. The number of rotatable bonds is 6. The lowest BCUT2D eigenvalue weighted by Gasteiger charge is -2.14. The van der Waals surface area contributed by atoms with Gasteiger partial charge in [-0.1, -0.05) is 12.1 Å². The Kier molecular flexibility index (Phi) is 5.02. The van der Waals surface area contributed by atoms with Crippen LogP contribution in [0.1, 0.15) is 31.1 Å². The van der Waals surface area contributed by atoms with Crippen LogP contribution in [0, 0.1) is 0 Å². The lowest BCUT2D eigenvalue weighted by Crippen LogP contribution is -2.18. The zero-order chi connectivity index (χ0) is 16.9. The molecule has 0 bridgehead atoms. The molecule has 0 saturated heterocycles. The number of carbonyl (C=O) groups excluding carboxylic acids is 1. The molecule has 7 heteroatoms. The van der Waals surface area contributed by atoms with E-state index in [4.69, 9.17) is 0 Å². The fourth-order valence-electron chi connectivity index (χ4n) is 2.31. The number of anilines is 1. The van der Waals surface area contributed by atoms with E-state index in [0.29, 0.717) is 11.7 Å². The van der Waals surface area contributed by atoms with Crippen molar-refractivity contribution in [3.63, 3.8) is 0 Å². The molecule has 0 radical (unpaired) electrons. The number of nitrogens with one attached hydrogen (secondary N) is 2. The second-order valence-electron chi connectivity index (χ2n) is 5.47. The van der Waals surface area contributed by atoms with Crippen LogP contribution in [0.2, 0.25) is 0 Å². The maximum atomic E-state index is 11.0. The predicted octanol–water partition coefficient (Wildman–Crippen LogP) is 3.14. The van der Waals surface area contributed by atoms with Crippen LogP contribution in [0.5, 0.6) is 0 Å². The van der Waals surface area contributed by atoms with Crippen molar-refractivity contribution in [3.8, 4) is 5.69 Å². The van der Waals surface area contributed by atoms with Gasteiger partial charge in [0.05, 0.1) is 11.4 Å². The second kappa shape index (κ2) is 7.37. The van der Waals surface area contributed by atoms with Gasteiger partial charge in [0.1, 0.15) is 0 Å². The van der Waals surface area contributed by atoms with Crippen molar-refractivity contribution in [1.82, 2.24) is 20.1 Å². The number of hydrogen-bond acceptors (Lipinski definition) is 5. The number of benzene rings is 1. The molecule has 1 amide bonds. The Labute approximate surface area is 144 Å². The average Bonchev–Trinajstić information content (AvgIpc) is 3.24. The summed E-state index contributed by atoms with van der Waals surface area (Å²) < 4.78 is 1.83. The van der Waals surface area contributed by atoms with Crippen LogP contribution in [0.4, 0.5) is 5.13 Å². The number of aromatic nitrogens is 3. The van der Waals surface area contributed by atoms with Crippen LogP contribution in [0.3, 0.4) is 0 Å². The van der Waals surface area contributed by atoms with Crippen molar-refractivity contribution < 1.29 is 4.79 Å². The van der Waals surface area contributed by atoms with Crippen LogP contribution in [0.25, 0.3) is 5.69 Å². The molecule has 0 fully saturated rings. The van der Waals surface area contributed by atoms with Crippen molar-refractivity contribution in [3.05, 3.63) is 59.4 Å². The van der Waals surface area contributed by atoms with Gasteiger partial charge in [-0.15, -0.1) is 11.3 Å². The fourth-order valence-corrected chi connectivity index (χ4v) is 3.07. The summed E-state index contributed by atoms with van der Waals surface area (Å²) in [5, 5.41) is 13.0. The Balaban J connectivity index is 1.57. The van der Waals surface area contributed by atoms with Gasteiger partial charge in [0.15, 0.2) is 5.13 Å². The number of carbonyl (C=O) groups is 1. The van der Waals surface area contributed by atoms with Gasteiger partial charge in [-0.3, -0.25) is 4.79 Å². The molecule has 1 atom stereocenters. The molecular formula is C17H19N5OS. The van der Waals surface area contributed by atoms with Gasteiger partial charge in [0.2, 0.25) is 5.91 Å². The molecule has 0 saturated carbocycles. The largest absolute Gasteiger partial charge is 0.305 e. The summed E-state index contributed by atoms with van der Waals surface area (Å²) in [5.74, 6) is -0.102. The summed E-state index contributed by atoms with van der Waals surface area (Å²) in [4.78, 5) is 15.4. The SMILES string of the molecule is CC(=O)Nc1nc(CN[C@H](C)c2ccc(-n3cccn3)cc2)cs1. The monoisotopic (exact) mass is 341 g/mol. The first kappa shape index (κ1) is 16.4. The minimum absolute atomic E-state index is 0.102. The maximum absolute atomic E-state index is 11.0. The first-order chi connectivity index (χ1) is 11.6. The van der Waals surface area contributed by atoms with E-state index in [-0.39, 0.29) is 11.9 Å². The molecule has 0 unspecified atom stereocenters. The molecular weight excluding hydrogens is 322 g/mol. The molecule has 24 heavy (non-hydrogen) atoms. The van der Waals surface area contributed by atoms with E-state index in [1.54, 1.807) is 6.20 Å². The Morgan fingerprint density at radius 1 is 1.33 bits per heavy atom. The molecule has 3 aromatic rings. The van der Waals surface area contributed by atoms with Crippen molar-refractivity contribution in [2.75, 3.05) is 5.32 Å². The highest BCUT2D eigenvalue weighted by atomic mass is 32.1. The molecule has 6 nitrogen and oxygen atoms in total. The molecule has 124 valence electrons. The molecule has 2 aromatic heterocycles. The molecule has 2 N–H and O–H groups in total. The van der Waals surface area contributed by atoms with Gasteiger partial charge < -0.3 is 10.6 Å². The van der Waals surface area contributed by atoms with Crippen molar-refractivity contribution in [2.24, 2.45) is 0 Å². The van der Waals surface area contributed by atoms with Crippen LogP contribution >= 0.6 is 11.3 Å². The van der Waals surface area contributed by atoms with E-state index < -0.39 is 0 Å². The minimum atomic E-state index is -0.102. The number of nitrogens with zero attached hydrogens (tertiary/aromatic N) is 3. The van der Waals surface area contributed by atoms with Crippen LogP contribution in [-0.4, -0.2) is 20.7 Å². The summed E-state index contributed by atoms with van der Waals surface area (Å²) in [7, 11) is 0. The van der Waals surface area contributed by atoms with Crippen molar-refractivity contribution >= 4 is 22.4 Å². The summed E-state index contributed by atoms with van der Waals surface area (Å²) >= 11 is 1.43. The molecule has 0 aliphatic carbocycles. The first-order valence-corrected chi connectivity index (χ1v) is 8.55. The smallest absolute Gasteiger partial charge is 0.223 e. The zero-order valence-corrected chi connectivity index (χ0v) is 14.4. The minimum Gasteiger partial charge on any atom is -0.305 e. The van der Waals surface area contributed by atoms with Gasteiger partial charge in [-0.05, 0) is 30.7 Å². The third-order valence-electron chi connectivity index (χ3n) is 3.59. The highest BCUT2D eigenvalue weighted by Crippen LogP contribution is 2.18. The molecule has 3 rings (SSSR count). The topological polar surface area (TPSA) is 71.8 Å². The lowest BCUT2D eigenvalue weighted by atomic mass is 10.1. The molecule has 0 aliphatic heterocycles. The van der Waals surface area contributed by atoms with E-state index in [1.807, 2.05) is 22.3 Å². The third kappa shape index (κ3) is 4.06. The normalized spacial score (nSPS) is 12.1. The Morgan fingerprint density at radius 3 is 2.79 bits per heavy atom. The van der Waals surface area contributed by atoms with E-state index in [0.717, 1.165) is 11.4 Å². The number of amides is 1. The Hall–Kier alpha value is -2.51. The number of thiazole rings is 1. The highest BCUT2D eigenvalue weighted by molar-refractivity contribution is 7.13.